The zero-order valence-corrected chi connectivity index (χ0v) is 14.3. The molecule has 7 nitrogen and oxygen atoms in total. The number of halogens is 1. The average molecular weight is 358 g/mol. The van der Waals surface area contributed by atoms with Crippen LogP contribution in [0.2, 0.25) is 0 Å². The second-order valence-electron chi connectivity index (χ2n) is 5.92. The molecule has 0 radical (unpaired) electrons. The van der Waals surface area contributed by atoms with Gasteiger partial charge in [0.15, 0.2) is 5.82 Å². The fourth-order valence-corrected chi connectivity index (χ4v) is 2.66. The number of hydrogen-bond acceptors (Lipinski definition) is 5. The van der Waals surface area contributed by atoms with E-state index in [4.69, 9.17) is 4.74 Å². The Bertz CT molecular complexity index is 815. The van der Waals surface area contributed by atoms with Crippen molar-refractivity contribution in [1.82, 2.24) is 20.2 Å². The number of morpholine rings is 1. The summed E-state index contributed by atoms with van der Waals surface area (Å²) in [5.74, 6) is -0.405. The van der Waals surface area contributed by atoms with Gasteiger partial charge in [-0.2, -0.15) is 0 Å². The van der Waals surface area contributed by atoms with Crippen molar-refractivity contribution >= 4 is 11.8 Å². The maximum Gasteiger partial charge on any atom is 0.251 e. The molecule has 0 unspecified atom stereocenters. The number of rotatable bonds is 4. The van der Waals surface area contributed by atoms with Crippen LogP contribution in [0.1, 0.15) is 34.9 Å². The Balaban J connectivity index is 1.64. The lowest BCUT2D eigenvalue weighted by molar-refractivity contribution is -0.136. The second kappa shape index (κ2) is 8.01. The van der Waals surface area contributed by atoms with Crippen LogP contribution in [0.4, 0.5) is 4.39 Å². The van der Waals surface area contributed by atoms with Gasteiger partial charge >= 0.3 is 0 Å². The number of nitrogens with zero attached hydrogens (tertiary/aromatic N) is 3. The zero-order chi connectivity index (χ0) is 18.5. The molecule has 0 aliphatic carbocycles. The van der Waals surface area contributed by atoms with Crippen molar-refractivity contribution in [3.05, 3.63) is 59.4 Å². The lowest BCUT2D eigenvalue weighted by Gasteiger charge is -2.31. The van der Waals surface area contributed by atoms with E-state index in [9.17, 15) is 14.0 Å². The number of amides is 2. The number of carbonyl (C=O) groups excluding carboxylic acids is 2. The monoisotopic (exact) mass is 358 g/mol. The highest BCUT2D eigenvalue weighted by Gasteiger charge is 2.25. The lowest BCUT2D eigenvalue weighted by atomic mass is 10.2. The van der Waals surface area contributed by atoms with Crippen molar-refractivity contribution < 1.29 is 18.7 Å². The van der Waals surface area contributed by atoms with Crippen LogP contribution in [0.5, 0.6) is 0 Å². The van der Waals surface area contributed by atoms with Crippen LogP contribution in [0.3, 0.4) is 0 Å². The van der Waals surface area contributed by atoms with E-state index in [1.54, 1.807) is 17.2 Å². The minimum absolute atomic E-state index is 0.0168. The summed E-state index contributed by atoms with van der Waals surface area (Å²) in [6.45, 7) is 3.06. The molecule has 1 N–H and O–H groups in total. The topological polar surface area (TPSA) is 84.4 Å². The summed E-state index contributed by atoms with van der Waals surface area (Å²) in [6, 6.07) is 7.15. The third-order valence-electron chi connectivity index (χ3n) is 4.05. The Morgan fingerprint density at radius 3 is 3.00 bits per heavy atom. The maximum absolute atomic E-state index is 13.2. The lowest BCUT2D eigenvalue weighted by Crippen LogP contribution is -2.41. The molecule has 1 atom stereocenters. The van der Waals surface area contributed by atoms with Gasteiger partial charge in [-0.15, -0.1) is 0 Å². The van der Waals surface area contributed by atoms with Gasteiger partial charge in [0.25, 0.3) is 5.91 Å². The molecule has 3 rings (SSSR count). The van der Waals surface area contributed by atoms with Crippen molar-refractivity contribution in [2.24, 2.45) is 0 Å². The Morgan fingerprint density at radius 2 is 2.23 bits per heavy atom. The van der Waals surface area contributed by atoms with Crippen molar-refractivity contribution in [3.63, 3.8) is 0 Å². The molecule has 2 amide bonds. The normalized spacial score (nSPS) is 17.0. The van der Waals surface area contributed by atoms with E-state index in [0.717, 1.165) is 0 Å². The quantitative estimate of drug-likeness (QED) is 0.895. The highest BCUT2D eigenvalue weighted by molar-refractivity contribution is 5.94. The Kier molecular flexibility index (Phi) is 5.52. The van der Waals surface area contributed by atoms with Gasteiger partial charge in [-0.25, -0.2) is 14.4 Å². The van der Waals surface area contributed by atoms with E-state index in [1.165, 1.54) is 31.2 Å². The van der Waals surface area contributed by atoms with Gasteiger partial charge in [-0.1, -0.05) is 6.07 Å². The van der Waals surface area contributed by atoms with E-state index in [1.807, 2.05) is 0 Å². The van der Waals surface area contributed by atoms with Crippen LogP contribution >= 0.6 is 0 Å². The molecule has 1 aliphatic rings. The first-order valence-electron chi connectivity index (χ1n) is 8.25. The van der Waals surface area contributed by atoms with Gasteiger partial charge in [-0.05, 0) is 24.3 Å². The number of hydrogen-bond donors (Lipinski definition) is 1. The Hall–Kier alpha value is -2.87. The molecule has 0 saturated carbocycles. The van der Waals surface area contributed by atoms with Crippen molar-refractivity contribution in [1.29, 1.82) is 0 Å². The first-order chi connectivity index (χ1) is 12.5. The summed E-state index contributed by atoms with van der Waals surface area (Å²) in [6.07, 6.45) is 1.19. The van der Waals surface area contributed by atoms with Crippen LogP contribution in [0, 0.1) is 5.82 Å². The molecule has 1 aromatic heterocycles. The van der Waals surface area contributed by atoms with Gasteiger partial charge < -0.3 is 15.0 Å². The fraction of sp³-hybridized carbons (Fsp3) is 0.333. The second-order valence-corrected chi connectivity index (χ2v) is 5.92. The summed E-state index contributed by atoms with van der Waals surface area (Å²) in [5.41, 5.74) is 0.843. The van der Waals surface area contributed by atoms with Crippen LogP contribution in [-0.2, 0) is 16.1 Å². The highest BCUT2D eigenvalue weighted by atomic mass is 19.1. The highest BCUT2D eigenvalue weighted by Crippen LogP contribution is 2.19. The Labute approximate surface area is 150 Å². The third-order valence-corrected chi connectivity index (χ3v) is 4.05. The number of ether oxygens (including phenoxy) is 1. The molecule has 0 bridgehead atoms. The summed E-state index contributed by atoms with van der Waals surface area (Å²) in [5, 5.41) is 2.70. The molecule has 2 aromatic rings. The molecule has 8 heteroatoms. The predicted molar refractivity (Wildman–Crippen MR) is 90.5 cm³/mol. The molecule has 1 fully saturated rings. The van der Waals surface area contributed by atoms with Crippen molar-refractivity contribution in [3.8, 4) is 0 Å². The summed E-state index contributed by atoms with van der Waals surface area (Å²) in [4.78, 5) is 33.9. The Morgan fingerprint density at radius 1 is 1.38 bits per heavy atom. The van der Waals surface area contributed by atoms with E-state index in [-0.39, 0.29) is 23.9 Å². The van der Waals surface area contributed by atoms with Gasteiger partial charge in [0.1, 0.15) is 11.9 Å². The third kappa shape index (κ3) is 4.40. The first-order valence-corrected chi connectivity index (χ1v) is 8.25. The molecule has 1 aliphatic heterocycles. The number of benzene rings is 1. The van der Waals surface area contributed by atoms with E-state index in [2.05, 4.69) is 15.3 Å². The van der Waals surface area contributed by atoms with Crippen LogP contribution in [-0.4, -0.2) is 46.4 Å². The zero-order valence-electron chi connectivity index (χ0n) is 14.3. The van der Waals surface area contributed by atoms with Gasteiger partial charge in [0.05, 0.1) is 25.4 Å². The standard InChI is InChI=1S/C18H19FN4O3/c1-12(24)23-7-8-26-16(11-23)17-20-6-5-15(22-17)10-21-18(25)13-3-2-4-14(19)9-13/h2-6,9,16H,7-8,10-11H2,1H3,(H,21,25)/t16-/m1/s1. The molecule has 0 spiro atoms. The molecule has 1 saturated heterocycles. The minimum atomic E-state index is -0.466. The summed E-state index contributed by atoms with van der Waals surface area (Å²) >= 11 is 0. The summed E-state index contributed by atoms with van der Waals surface area (Å²) in [7, 11) is 0. The maximum atomic E-state index is 13.2. The van der Waals surface area contributed by atoms with Crippen molar-refractivity contribution in [2.75, 3.05) is 19.7 Å². The smallest absolute Gasteiger partial charge is 0.251 e. The SMILES string of the molecule is CC(=O)N1CCO[C@@H](c2nccc(CNC(=O)c3cccc(F)c3)n2)C1. The molecule has 26 heavy (non-hydrogen) atoms. The fourth-order valence-electron chi connectivity index (χ4n) is 2.66. The first kappa shape index (κ1) is 17.9. The van der Waals surface area contributed by atoms with E-state index >= 15 is 0 Å². The summed E-state index contributed by atoms with van der Waals surface area (Å²) < 4.78 is 18.9. The number of nitrogens with one attached hydrogen (secondary N) is 1. The minimum Gasteiger partial charge on any atom is -0.367 e. The largest absolute Gasteiger partial charge is 0.367 e. The molecular formula is C18H19FN4O3. The molecule has 136 valence electrons. The van der Waals surface area contributed by atoms with Crippen LogP contribution < -0.4 is 5.32 Å². The van der Waals surface area contributed by atoms with Crippen LogP contribution in [0.25, 0.3) is 0 Å². The predicted octanol–water partition coefficient (Wildman–Crippen LogP) is 1.47. The van der Waals surface area contributed by atoms with Gasteiger partial charge in [0.2, 0.25) is 5.91 Å². The molecule has 2 heterocycles. The molecular weight excluding hydrogens is 339 g/mol. The van der Waals surface area contributed by atoms with Crippen molar-refractivity contribution in [2.45, 2.75) is 19.6 Å². The number of aromatic nitrogens is 2. The average Bonchev–Trinajstić information content (AvgIpc) is 2.66. The van der Waals surface area contributed by atoms with E-state index in [0.29, 0.717) is 31.2 Å². The van der Waals surface area contributed by atoms with E-state index < -0.39 is 11.9 Å². The van der Waals surface area contributed by atoms with Gasteiger partial charge in [0, 0.05) is 25.2 Å². The molecule has 1 aromatic carbocycles. The van der Waals surface area contributed by atoms with Crippen LogP contribution in [0.15, 0.2) is 36.5 Å². The number of carbonyl (C=O) groups is 2. The van der Waals surface area contributed by atoms with Gasteiger partial charge in [-0.3, -0.25) is 9.59 Å².